The van der Waals surface area contributed by atoms with Crippen LogP contribution >= 0.6 is 0 Å². The molecule has 1 aromatic rings. The van der Waals surface area contributed by atoms with Gasteiger partial charge in [-0.1, -0.05) is 27.7 Å². The molecule has 2 unspecified atom stereocenters. The van der Waals surface area contributed by atoms with Gasteiger partial charge in [0.2, 0.25) is 0 Å². The lowest BCUT2D eigenvalue weighted by Crippen LogP contribution is -2.29. The van der Waals surface area contributed by atoms with Crippen LogP contribution in [0.1, 0.15) is 59.1 Å². The Morgan fingerprint density at radius 1 is 1.44 bits per heavy atom. The van der Waals surface area contributed by atoms with Crippen LogP contribution in [-0.4, -0.2) is 9.78 Å². The summed E-state index contributed by atoms with van der Waals surface area (Å²) in [6.45, 7) is 12.1. The summed E-state index contributed by atoms with van der Waals surface area (Å²) >= 11 is 0. The van der Waals surface area contributed by atoms with Crippen molar-refractivity contribution in [2.24, 2.45) is 17.2 Å². The Labute approximate surface area is 111 Å². The second kappa shape index (κ2) is 6.34. The van der Waals surface area contributed by atoms with Gasteiger partial charge >= 0.3 is 0 Å². The van der Waals surface area contributed by atoms with E-state index in [-0.39, 0.29) is 6.04 Å². The highest BCUT2D eigenvalue weighted by Gasteiger charge is 2.20. The van der Waals surface area contributed by atoms with Crippen LogP contribution in [0.3, 0.4) is 0 Å². The van der Waals surface area contributed by atoms with E-state index in [4.69, 9.17) is 5.84 Å². The zero-order valence-electron chi connectivity index (χ0n) is 12.4. The minimum absolute atomic E-state index is 0.197. The molecule has 0 aliphatic heterocycles. The average molecular weight is 252 g/mol. The molecule has 0 aliphatic carbocycles. The fourth-order valence-corrected chi connectivity index (χ4v) is 2.56. The number of nitrogens with two attached hydrogens (primary N) is 1. The quantitative estimate of drug-likeness (QED) is 0.604. The molecule has 0 saturated heterocycles. The standard InChI is InChI=1S/C14H28N4/c1-6-18-10-12(9-16-18)13(17-15)7-11(2)8-14(3,4)5/h9-11,13,17H,6-8,15H2,1-5H3. The molecule has 0 bridgehead atoms. The van der Waals surface area contributed by atoms with E-state index in [1.165, 1.54) is 12.0 Å². The van der Waals surface area contributed by atoms with E-state index in [1.54, 1.807) is 0 Å². The van der Waals surface area contributed by atoms with Gasteiger partial charge < -0.3 is 0 Å². The highest BCUT2D eigenvalue weighted by Crippen LogP contribution is 2.30. The molecule has 0 radical (unpaired) electrons. The van der Waals surface area contributed by atoms with E-state index in [0.717, 1.165) is 13.0 Å². The molecule has 2 atom stereocenters. The first-order valence-electron chi connectivity index (χ1n) is 6.84. The number of aromatic nitrogens is 2. The van der Waals surface area contributed by atoms with Gasteiger partial charge in [-0.2, -0.15) is 5.10 Å². The van der Waals surface area contributed by atoms with Gasteiger partial charge in [-0.05, 0) is 31.1 Å². The lowest BCUT2D eigenvalue weighted by Gasteiger charge is -2.26. The van der Waals surface area contributed by atoms with Crippen molar-refractivity contribution in [3.8, 4) is 0 Å². The van der Waals surface area contributed by atoms with Crippen LogP contribution in [0.25, 0.3) is 0 Å². The molecule has 0 aliphatic rings. The number of aryl methyl sites for hydroxylation is 1. The first-order chi connectivity index (χ1) is 8.35. The maximum atomic E-state index is 5.68. The zero-order valence-corrected chi connectivity index (χ0v) is 12.4. The molecule has 0 spiro atoms. The molecule has 3 N–H and O–H groups in total. The maximum Gasteiger partial charge on any atom is 0.0538 e. The molecule has 0 saturated carbocycles. The third kappa shape index (κ3) is 4.78. The van der Waals surface area contributed by atoms with Crippen molar-refractivity contribution in [2.75, 3.05) is 0 Å². The third-order valence-electron chi connectivity index (χ3n) is 3.18. The lowest BCUT2D eigenvalue weighted by atomic mass is 9.82. The molecule has 0 amide bonds. The lowest BCUT2D eigenvalue weighted by molar-refractivity contribution is 0.276. The molecule has 0 fully saturated rings. The Kier molecular flexibility index (Phi) is 5.35. The van der Waals surface area contributed by atoms with Gasteiger partial charge in [-0.3, -0.25) is 16.0 Å². The number of hydrogen-bond acceptors (Lipinski definition) is 3. The van der Waals surface area contributed by atoms with Gasteiger partial charge in [0.1, 0.15) is 0 Å². The van der Waals surface area contributed by atoms with Crippen LogP contribution in [0, 0.1) is 11.3 Å². The van der Waals surface area contributed by atoms with Crippen molar-refractivity contribution in [3.05, 3.63) is 18.0 Å². The zero-order chi connectivity index (χ0) is 13.8. The largest absolute Gasteiger partial charge is 0.273 e. The molecule has 104 valence electrons. The van der Waals surface area contributed by atoms with E-state index in [9.17, 15) is 0 Å². The third-order valence-corrected chi connectivity index (χ3v) is 3.18. The highest BCUT2D eigenvalue weighted by atomic mass is 15.3. The maximum absolute atomic E-state index is 5.68. The summed E-state index contributed by atoms with van der Waals surface area (Å²) in [6, 6.07) is 0.197. The smallest absolute Gasteiger partial charge is 0.0538 e. The predicted octanol–water partition coefficient (Wildman–Crippen LogP) is 2.87. The van der Waals surface area contributed by atoms with E-state index >= 15 is 0 Å². The topological polar surface area (TPSA) is 55.9 Å². The normalized spacial score (nSPS) is 15.7. The minimum atomic E-state index is 0.197. The number of hydrogen-bond donors (Lipinski definition) is 2. The Balaban J connectivity index is 2.61. The van der Waals surface area contributed by atoms with Crippen molar-refractivity contribution in [1.29, 1.82) is 0 Å². The second-order valence-electron chi connectivity index (χ2n) is 6.45. The Morgan fingerprint density at radius 2 is 2.11 bits per heavy atom. The Morgan fingerprint density at radius 3 is 2.56 bits per heavy atom. The van der Waals surface area contributed by atoms with E-state index in [1.807, 2.05) is 10.9 Å². The number of nitrogens with zero attached hydrogens (tertiary/aromatic N) is 2. The average Bonchev–Trinajstić information content (AvgIpc) is 2.71. The van der Waals surface area contributed by atoms with Crippen molar-refractivity contribution in [1.82, 2.24) is 15.2 Å². The summed E-state index contributed by atoms with van der Waals surface area (Å²) in [5, 5.41) is 4.31. The van der Waals surface area contributed by atoms with Crippen LogP contribution in [-0.2, 0) is 6.54 Å². The van der Waals surface area contributed by atoms with Crippen molar-refractivity contribution < 1.29 is 0 Å². The summed E-state index contributed by atoms with van der Waals surface area (Å²) < 4.78 is 1.94. The number of nitrogens with one attached hydrogen (secondary N) is 1. The van der Waals surface area contributed by atoms with E-state index < -0.39 is 0 Å². The molecule has 1 heterocycles. The highest BCUT2D eigenvalue weighted by molar-refractivity contribution is 5.10. The summed E-state index contributed by atoms with van der Waals surface area (Å²) in [6.07, 6.45) is 6.24. The van der Waals surface area contributed by atoms with Crippen LogP contribution in [0.4, 0.5) is 0 Å². The van der Waals surface area contributed by atoms with Gasteiger partial charge in [0, 0.05) is 24.3 Å². The fourth-order valence-electron chi connectivity index (χ4n) is 2.56. The molecular formula is C14H28N4. The predicted molar refractivity (Wildman–Crippen MR) is 75.8 cm³/mol. The SMILES string of the molecule is CCn1cc(C(CC(C)CC(C)(C)C)NN)cn1. The molecule has 4 nitrogen and oxygen atoms in total. The molecule has 1 aromatic heterocycles. The van der Waals surface area contributed by atoms with Crippen molar-refractivity contribution >= 4 is 0 Å². The molecule has 4 heteroatoms. The monoisotopic (exact) mass is 252 g/mol. The first-order valence-corrected chi connectivity index (χ1v) is 6.84. The van der Waals surface area contributed by atoms with Crippen LogP contribution in [0.5, 0.6) is 0 Å². The van der Waals surface area contributed by atoms with Gasteiger partial charge in [0.15, 0.2) is 0 Å². The van der Waals surface area contributed by atoms with Crippen LogP contribution in [0.15, 0.2) is 12.4 Å². The Hall–Kier alpha value is -0.870. The summed E-state index contributed by atoms with van der Waals surface area (Å²) in [5.41, 5.74) is 4.47. The van der Waals surface area contributed by atoms with E-state index in [0.29, 0.717) is 11.3 Å². The summed E-state index contributed by atoms with van der Waals surface area (Å²) in [5.74, 6) is 6.32. The van der Waals surface area contributed by atoms with Crippen molar-refractivity contribution in [3.63, 3.8) is 0 Å². The van der Waals surface area contributed by atoms with Crippen LogP contribution < -0.4 is 11.3 Å². The van der Waals surface area contributed by atoms with Gasteiger partial charge in [-0.15, -0.1) is 0 Å². The Bertz CT molecular complexity index is 351. The number of hydrazine groups is 1. The fraction of sp³-hybridized carbons (Fsp3) is 0.786. The molecular weight excluding hydrogens is 224 g/mol. The van der Waals surface area contributed by atoms with Gasteiger partial charge in [0.05, 0.1) is 6.20 Å². The summed E-state index contributed by atoms with van der Waals surface area (Å²) in [7, 11) is 0. The van der Waals surface area contributed by atoms with Crippen LogP contribution in [0.2, 0.25) is 0 Å². The molecule has 0 aromatic carbocycles. The second-order valence-corrected chi connectivity index (χ2v) is 6.45. The molecule has 18 heavy (non-hydrogen) atoms. The molecule has 1 rings (SSSR count). The first kappa shape index (κ1) is 15.2. The van der Waals surface area contributed by atoms with Gasteiger partial charge in [0.25, 0.3) is 0 Å². The van der Waals surface area contributed by atoms with Crippen molar-refractivity contribution in [2.45, 2.75) is 60.0 Å². The minimum Gasteiger partial charge on any atom is -0.273 e. The number of rotatable bonds is 6. The summed E-state index contributed by atoms with van der Waals surface area (Å²) in [4.78, 5) is 0. The van der Waals surface area contributed by atoms with E-state index in [2.05, 4.69) is 51.3 Å². The van der Waals surface area contributed by atoms with Gasteiger partial charge in [-0.25, -0.2) is 0 Å².